The number of carbonyl (C=O) groups excluding carboxylic acids is 1. The average Bonchev–Trinajstić information content (AvgIpc) is 3.14. The van der Waals surface area contributed by atoms with Gasteiger partial charge in [-0.05, 0) is 19.8 Å². The van der Waals surface area contributed by atoms with Gasteiger partial charge in [-0.15, -0.1) is 0 Å². The Balaban J connectivity index is 1.56. The average molecular weight is 346 g/mol. The normalized spacial score (nSPS) is 17.8. The predicted octanol–water partition coefficient (Wildman–Crippen LogP) is 2.63. The SMILES string of the molecule is Cc1cc(N2CCCC(NC(=O)Nc3cc(C(C)C)on3)C2)n(C)n1. The number of nitrogens with one attached hydrogen (secondary N) is 2. The van der Waals surface area contributed by atoms with Gasteiger partial charge in [-0.2, -0.15) is 5.10 Å². The third kappa shape index (κ3) is 4.12. The maximum Gasteiger partial charge on any atom is 0.320 e. The highest BCUT2D eigenvalue weighted by Gasteiger charge is 2.24. The number of aryl methyl sites for hydroxylation is 2. The first-order chi connectivity index (χ1) is 11.9. The standard InChI is InChI=1S/C17H26N6O2/c1-11(2)14-9-15(21-25-14)19-17(24)18-13-6-5-7-23(10-13)16-8-12(3)20-22(16)4/h8-9,11,13H,5-7,10H2,1-4H3,(H2,18,19,21,24). The zero-order chi connectivity index (χ0) is 18.0. The van der Waals surface area contributed by atoms with Gasteiger partial charge in [0.1, 0.15) is 11.6 Å². The van der Waals surface area contributed by atoms with E-state index in [-0.39, 0.29) is 18.0 Å². The number of rotatable bonds is 4. The topological polar surface area (TPSA) is 88.2 Å². The molecule has 1 unspecified atom stereocenters. The van der Waals surface area contributed by atoms with E-state index in [9.17, 15) is 4.79 Å². The van der Waals surface area contributed by atoms with E-state index in [4.69, 9.17) is 4.52 Å². The zero-order valence-electron chi connectivity index (χ0n) is 15.2. The van der Waals surface area contributed by atoms with E-state index in [0.717, 1.165) is 43.2 Å². The van der Waals surface area contributed by atoms with Crippen LogP contribution in [0.15, 0.2) is 16.7 Å². The molecule has 1 atom stereocenters. The van der Waals surface area contributed by atoms with E-state index in [1.54, 1.807) is 6.07 Å². The maximum atomic E-state index is 12.2. The Labute approximate surface area is 147 Å². The van der Waals surface area contributed by atoms with Gasteiger partial charge in [0.05, 0.1) is 5.69 Å². The molecule has 2 amide bonds. The lowest BCUT2D eigenvalue weighted by Crippen LogP contribution is -2.49. The summed E-state index contributed by atoms with van der Waals surface area (Å²) in [4.78, 5) is 14.5. The second kappa shape index (κ2) is 7.16. The Kier molecular flexibility index (Phi) is 4.96. The fourth-order valence-electron chi connectivity index (χ4n) is 3.15. The van der Waals surface area contributed by atoms with Gasteiger partial charge in [0.15, 0.2) is 5.82 Å². The van der Waals surface area contributed by atoms with Gasteiger partial charge < -0.3 is 14.7 Å². The van der Waals surface area contributed by atoms with Gasteiger partial charge in [-0.1, -0.05) is 19.0 Å². The van der Waals surface area contributed by atoms with Crippen LogP contribution in [-0.4, -0.2) is 40.1 Å². The summed E-state index contributed by atoms with van der Waals surface area (Å²) in [5, 5.41) is 14.1. The third-order valence-corrected chi connectivity index (χ3v) is 4.40. The molecule has 0 aromatic carbocycles. The van der Waals surface area contributed by atoms with Crippen LogP contribution < -0.4 is 15.5 Å². The first kappa shape index (κ1) is 17.3. The van der Waals surface area contributed by atoms with Crippen LogP contribution >= 0.6 is 0 Å². The largest absolute Gasteiger partial charge is 0.359 e. The summed E-state index contributed by atoms with van der Waals surface area (Å²) in [6, 6.07) is 3.67. The second-order valence-electron chi connectivity index (χ2n) is 6.92. The van der Waals surface area contributed by atoms with Crippen molar-refractivity contribution in [1.29, 1.82) is 0 Å². The number of carbonyl (C=O) groups is 1. The summed E-state index contributed by atoms with van der Waals surface area (Å²) >= 11 is 0. The maximum absolute atomic E-state index is 12.2. The monoisotopic (exact) mass is 346 g/mol. The Bertz CT molecular complexity index is 735. The number of nitrogens with zero attached hydrogens (tertiary/aromatic N) is 4. The van der Waals surface area contributed by atoms with E-state index in [1.807, 2.05) is 32.5 Å². The molecule has 0 aliphatic carbocycles. The molecule has 1 saturated heterocycles. The summed E-state index contributed by atoms with van der Waals surface area (Å²) in [5.74, 6) is 2.52. The van der Waals surface area contributed by atoms with E-state index in [0.29, 0.717) is 5.82 Å². The van der Waals surface area contributed by atoms with Crippen LogP contribution in [0.25, 0.3) is 0 Å². The zero-order valence-corrected chi connectivity index (χ0v) is 15.2. The van der Waals surface area contributed by atoms with Crippen LogP contribution in [0.1, 0.15) is 44.1 Å². The number of piperidine rings is 1. The highest BCUT2D eigenvalue weighted by Crippen LogP contribution is 2.21. The second-order valence-corrected chi connectivity index (χ2v) is 6.92. The molecular weight excluding hydrogens is 320 g/mol. The van der Waals surface area contributed by atoms with E-state index in [1.165, 1.54) is 0 Å². The van der Waals surface area contributed by atoms with Crippen molar-refractivity contribution in [3.63, 3.8) is 0 Å². The third-order valence-electron chi connectivity index (χ3n) is 4.40. The van der Waals surface area contributed by atoms with Gasteiger partial charge in [-0.25, -0.2) is 4.79 Å². The van der Waals surface area contributed by atoms with Crippen LogP contribution in [0.5, 0.6) is 0 Å². The van der Waals surface area contributed by atoms with Gasteiger partial charge in [-0.3, -0.25) is 10.00 Å². The van der Waals surface area contributed by atoms with E-state index < -0.39 is 0 Å². The van der Waals surface area contributed by atoms with Crippen LogP contribution in [0, 0.1) is 6.92 Å². The van der Waals surface area contributed by atoms with Gasteiger partial charge >= 0.3 is 6.03 Å². The molecule has 0 saturated carbocycles. The van der Waals surface area contributed by atoms with Crippen LogP contribution in [0.4, 0.5) is 16.4 Å². The molecule has 1 aliphatic rings. The van der Waals surface area contributed by atoms with Gasteiger partial charge in [0.2, 0.25) is 0 Å². The molecule has 136 valence electrons. The Hall–Kier alpha value is -2.51. The minimum atomic E-state index is -0.253. The number of hydrogen-bond acceptors (Lipinski definition) is 5. The Morgan fingerprint density at radius 3 is 2.84 bits per heavy atom. The lowest BCUT2D eigenvalue weighted by Gasteiger charge is -2.34. The quantitative estimate of drug-likeness (QED) is 0.888. The van der Waals surface area contributed by atoms with Crippen molar-refractivity contribution >= 4 is 17.7 Å². The lowest BCUT2D eigenvalue weighted by atomic mass is 10.1. The minimum Gasteiger partial charge on any atom is -0.359 e. The molecule has 1 aliphatic heterocycles. The molecule has 1 fully saturated rings. The summed E-state index contributed by atoms with van der Waals surface area (Å²) in [5.41, 5.74) is 0.998. The first-order valence-corrected chi connectivity index (χ1v) is 8.72. The van der Waals surface area contributed by atoms with E-state index >= 15 is 0 Å². The summed E-state index contributed by atoms with van der Waals surface area (Å²) < 4.78 is 7.09. The molecule has 3 rings (SSSR count). The number of aromatic nitrogens is 3. The van der Waals surface area contributed by atoms with Crippen molar-refractivity contribution in [2.75, 3.05) is 23.3 Å². The number of amides is 2. The van der Waals surface area contributed by atoms with Crippen molar-refractivity contribution in [3.05, 3.63) is 23.6 Å². The van der Waals surface area contributed by atoms with Gasteiger partial charge in [0.25, 0.3) is 0 Å². The van der Waals surface area contributed by atoms with Crippen molar-refractivity contribution < 1.29 is 9.32 Å². The predicted molar refractivity (Wildman–Crippen MR) is 95.9 cm³/mol. The first-order valence-electron chi connectivity index (χ1n) is 8.72. The minimum absolute atomic E-state index is 0.0837. The number of urea groups is 1. The van der Waals surface area contributed by atoms with Crippen molar-refractivity contribution in [3.8, 4) is 0 Å². The molecule has 8 heteroatoms. The highest BCUT2D eigenvalue weighted by molar-refractivity contribution is 5.88. The van der Waals surface area contributed by atoms with E-state index in [2.05, 4.69) is 31.9 Å². The molecule has 25 heavy (non-hydrogen) atoms. The number of hydrogen-bond donors (Lipinski definition) is 2. The molecule has 3 heterocycles. The summed E-state index contributed by atoms with van der Waals surface area (Å²) in [7, 11) is 1.95. The van der Waals surface area contributed by atoms with Crippen LogP contribution in [0.3, 0.4) is 0 Å². The highest BCUT2D eigenvalue weighted by atomic mass is 16.5. The molecule has 2 aromatic heterocycles. The van der Waals surface area contributed by atoms with Gasteiger partial charge in [0, 0.05) is 44.2 Å². The van der Waals surface area contributed by atoms with Crippen LogP contribution in [-0.2, 0) is 7.05 Å². The molecule has 0 spiro atoms. The molecule has 0 radical (unpaired) electrons. The van der Waals surface area contributed by atoms with Crippen molar-refractivity contribution in [2.45, 2.75) is 45.6 Å². The molecule has 0 bridgehead atoms. The molecule has 8 nitrogen and oxygen atoms in total. The Morgan fingerprint density at radius 2 is 2.20 bits per heavy atom. The van der Waals surface area contributed by atoms with Crippen molar-refractivity contribution in [1.82, 2.24) is 20.3 Å². The molecule has 2 aromatic rings. The Morgan fingerprint density at radius 1 is 1.40 bits per heavy atom. The van der Waals surface area contributed by atoms with Crippen molar-refractivity contribution in [2.24, 2.45) is 7.05 Å². The number of anilines is 2. The molecule has 2 N–H and O–H groups in total. The summed E-state index contributed by atoms with van der Waals surface area (Å²) in [6.07, 6.45) is 1.98. The lowest BCUT2D eigenvalue weighted by molar-refractivity contribution is 0.246. The van der Waals surface area contributed by atoms with Crippen LogP contribution in [0.2, 0.25) is 0 Å². The fourth-order valence-corrected chi connectivity index (χ4v) is 3.15. The molecular formula is C17H26N6O2. The smallest absolute Gasteiger partial charge is 0.320 e. The fraction of sp³-hybridized carbons (Fsp3) is 0.588. The summed E-state index contributed by atoms with van der Waals surface area (Å²) in [6.45, 7) is 7.75.